The minimum absolute atomic E-state index is 0. The molecule has 1 aromatic carbocycles. The van der Waals surface area contributed by atoms with Crippen LogP contribution in [-0.4, -0.2) is 57.2 Å². The van der Waals surface area contributed by atoms with Gasteiger partial charge in [0.05, 0.1) is 13.1 Å². The molecule has 0 fully saturated rings. The van der Waals surface area contributed by atoms with Crippen molar-refractivity contribution in [2.24, 2.45) is 4.99 Å². The standard InChI is InChI=1S/C19H30N4O5.HI/c1-5-20-17(21-8-9-23-18(24)28-19(2,3)4)22-10-11-25-14-6-7-15-16(12-14)27-13-26-15;/h6-7,12H,5,8-11,13H2,1-4H3,(H,23,24)(H2,20,21,22);1H. The average molecular weight is 522 g/mol. The molecule has 1 amide bonds. The quantitative estimate of drug-likeness (QED) is 0.209. The Kier molecular flexibility index (Phi) is 10.7. The van der Waals surface area contributed by atoms with Gasteiger partial charge in [-0.05, 0) is 39.8 Å². The van der Waals surface area contributed by atoms with E-state index < -0.39 is 11.7 Å². The summed E-state index contributed by atoms with van der Waals surface area (Å²) in [5.41, 5.74) is -0.512. The lowest BCUT2D eigenvalue weighted by Gasteiger charge is -2.19. The Morgan fingerprint density at radius 3 is 2.62 bits per heavy atom. The molecule has 1 aliphatic heterocycles. The van der Waals surface area contributed by atoms with Gasteiger partial charge in [-0.2, -0.15) is 0 Å². The highest BCUT2D eigenvalue weighted by Gasteiger charge is 2.15. The first-order chi connectivity index (χ1) is 13.4. The Hall–Kier alpha value is -2.11. The number of nitrogens with one attached hydrogen (secondary N) is 3. The van der Waals surface area contributed by atoms with Gasteiger partial charge in [0.15, 0.2) is 17.5 Å². The molecule has 1 aliphatic rings. The number of guanidine groups is 1. The number of fused-ring (bicyclic) bond motifs is 1. The van der Waals surface area contributed by atoms with Crippen LogP contribution in [0.25, 0.3) is 0 Å². The van der Waals surface area contributed by atoms with Gasteiger partial charge in [-0.25, -0.2) is 4.79 Å². The summed E-state index contributed by atoms with van der Waals surface area (Å²) in [5, 5.41) is 9.00. The lowest BCUT2D eigenvalue weighted by molar-refractivity contribution is 0.0529. The van der Waals surface area contributed by atoms with Crippen LogP contribution in [0.5, 0.6) is 17.2 Å². The van der Waals surface area contributed by atoms with Crippen molar-refractivity contribution in [2.45, 2.75) is 33.3 Å². The number of alkyl carbamates (subject to hydrolysis) is 1. The molecule has 10 heteroatoms. The minimum Gasteiger partial charge on any atom is -0.492 e. The van der Waals surface area contributed by atoms with E-state index in [2.05, 4.69) is 20.9 Å². The lowest BCUT2D eigenvalue weighted by atomic mass is 10.2. The van der Waals surface area contributed by atoms with Crippen molar-refractivity contribution in [1.82, 2.24) is 16.0 Å². The molecule has 3 N–H and O–H groups in total. The molecule has 0 unspecified atom stereocenters. The van der Waals surface area contributed by atoms with Gasteiger partial charge in [-0.3, -0.25) is 4.99 Å². The molecule has 29 heavy (non-hydrogen) atoms. The van der Waals surface area contributed by atoms with Crippen LogP contribution in [0.4, 0.5) is 4.79 Å². The number of benzene rings is 1. The second kappa shape index (κ2) is 12.5. The third-order valence-electron chi connectivity index (χ3n) is 3.40. The summed E-state index contributed by atoms with van der Waals surface area (Å²) in [6.07, 6.45) is -0.446. The van der Waals surface area contributed by atoms with E-state index in [0.717, 1.165) is 18.0 Å². The molecule has 0 bridgehead atoms. The van der Waals surface area contributed by atoms with Gasteiger partial charge in [0.25, 0.3) is 0 Å². The monoisotopic (exact) mass is 522 g/mol. The summed E-state index contributed by atoms with van der Waals surface area (Å²) in [7, 11) is 0. The van der Waals surface area contributed by atoms with E-state index in [4.69, 9.17) is 18.9 Å². The SMILES string of the molecule is CCNC(=NCCNC(=O)OC(C)(C)C)NCCOc1ccc2c(c1)OCO2.I. The summed E-state index contributed by atoms with van der Waals surface area (Å²) in [5.74, 6) is 2.79. The average Bonchev–Trinajstić information content (AvgIpc) is 3.08. The van der Waals surface area contributed by atoms with Gasteiger partial charge in [-0.1, -0.05) is 0 Å². The summed E-state index contributed by atoms with van der Waals surface area (Å²) in [4.78, 5) is 16.0. The summed E-state index contributed by atoms with van der Waals surface area (Å²) < 4.78 is 21.5. The number of hydrogen-bond acceptors (Lipinski definition) is 6. The third kappa shape index (κ3) is 9.77. The first-order valence-electron chi connectivity index (χ1n) is 9.39. The van der Waals surface area contributed by atoms with Crippen LogP contribution in [0.15, 0.2) is 23.2 Å². The Bertz CT molecular complexity index is 679. The maximum atomic E-state index is 11.6. The van der Waals surface area contributed by atoms with Gasteiger partial charge in [-0.15, -0.1) is 24.0 Å². The molecular formula is C19H31IN4O5. The van der Waals surface area contributed by atoms with Crippen molar-refractivity contribution in [2.75, 3.05) is 39.6 Å². The highest BCUT2D eigenvalue weighted by molar-refractivity contribution is 14.0. The summed E-state index contributed by atoms with van der Waals surface area (Å²) in [6, 6.07) is 5.48. The Morgan fingerprint density at radius 2 is 1.90 bits per heavy atom. The van der Waals surface area contributed by atoms with Gasteiger partial charge in [0.1, 0.15) is 18.0 Å². The van der Waals surface area contributed by atoms with Crippen molar-refractivity contribution < 1.29 is 23.7 Å². The topological polar surface area (TPSA) is 102 Å². The molecule has 1 aromatic rings. The van der Waals surface area contributed by atoms with Crippen molar-refractivity contribution in [3.05, 3.63) is 18.2 Å². The number of aliphatic imine (C=N–C) groups is 1. The fourth-order valence-corrected chi connectivity index (χ4v) is 2.29. The molecule has 0 atom stereocenters. The van der Waals surface area contributed by atoms with Crippen LogP contribution in [0.2, 0.25) is 0 Å². The maximum Gasteiger partial charge on any atom is 0.407 e. The van der Waals surface area contributed by atoms with Crippen LogP contribution in [0, 0.1) is 0 Å². The van der Waals surface area contributed by atoms with Crippen molar-refractivity contribution in [3.63, 3.8) is 0 Å². The molecule has 9 nitrogen and oxygen atoms in total. The summed E-state index contributed by atoms with van der Waals surface area (Å²) in [6.45, 7) is 10.3. The molecule has 0 saturated carbocycles. The van der Waals surface area contributed by atoms with Crippen LogP contribution >= 0.6 is 24.0 Å². The Labute approximate surface area is 188 Å². The number of amides is 1. The molecule has 0 spiro atoms. The third-order valence-corrected chi connectivity index (χ3v) is 3.40. The van der Waals surface area contributed by atoms with E-state index in [1.807, 2.05) is 45.9 Å². The van der Waals surface area contributed by atoms with E-state index in [1.54, 1.807) is 0 Å². The van der Waals surface area contributed by atoms with Crippen molar-refractivity contribution in [3.8, 4) is 17.2 Å². The van der Waals surface area contributed by atoms with Crippen molar-refractivity contribution >= 4 is 36.0 Å². The molecule has 0 aliphatic carbocycles. The molecular weight excluding hydrogens is 491 g/mol. The normalized spacial score (nSPS) is 12.6. The molecule has 2 rings (SSSR count). The number of carbonyl (C=O) groups excluding carboxylic acids is 1. The zero-order valence-electron chi connectivity index (χ0n) is 17.4. The van der Waals surface area contributed by atoms with E-state index >= 15 is 0 Å². The lowest BCUT2D eigenvalue weighted by Crippen LogP contribution is -2.40. The number of carbonyl (C=O) groups is 1. The smallest absolute Gasteiger partial charge is 0.407 e. The van der Waals surface area contributed by atoms with Crippen molar-refractivity contribution in [1.29, 1.82) is 0 Å². The summed E-state index contributed by atoms with van der Waals surface area (Å²) >= 11 is 0. The van der Waals surface area contributed by atoms with E-state index in [1.165, 1.54) is 0 Å². The van der Waals surface area contributed by atoms with E-state index in [9.17, 15) is 4.79 Å². The maximum absolute atomic E-state index is 11.6. The second-order valence-corrected chi connectivity index (χ2v) is 6.98. The minimum atomic E-state index is -0.512. The number of hydrogen-bond donors (Lipinski definition) is 3. The number of ether oxygens (including phenoxy) is 4. The zero-order valence-corrected chi connectivity index (χ0v) is 19.7. The van der Waals surface area contributed by atoms with Gasteiger partial charge in [0, 0.05) is 19.2 Å². The number of rotatable bonds is 8. The molecule has 1 heterocycles. The van der Waals surface area contributed by atoms with Crippen LogP contribution in [0.1, 0.15) is 27.7 Å². The van der Waals surface area contributed by atoms with Crippen LogP contribution in [-0.2, 0) is 4.74 Å². The zero-order chi connectivity index (χ0) is 20.4. The number of nitrogens with zero attached hydrogens (tertiary/aromatic N) is 1. The van der Waals surface area contributed by atoms with E-state index in [-0.39, 0.29) is 30.8 Å². The predicted octanol–water partition coefficient (Wildman–Crippen LogP) is 2.49. The van der Waals surface area contributed by atoms with Gasteiger partial charge < -0.3 is 34.9 Å². The molecule has 164 valence electrons. The molecule has 0 saturated heterocycles. The van der Waals surface area contributed by atoms with Crippen LogP contribution in [0.3, 0.4) is 0 Å². The molecule has 0 radical (unpaired) electrons. The van der Waals surface area contributed by atoms with Gasteiger partial charge in [0.2, 0.25) is 6.79 Å². The Balaban J connectivity index is 0.00000420. The highest BCUT2D eigenvalue weighted by Crippen LogP contribution is 2.34. The van der Waals surface area contributed by atoms with Gasteiger partial charge >= 0.3 is 6.09 Å². The molecule has 0 aromatic heterocycles. The fourth-order valence-electron chi connectivity index (χ4n) is 2.29. The fraction of sp³-hybridized carbons (Fsp3) is 0.579. The first kappa shape index (κ1) is 24.9. The van der Waals surface area contributed by atoms with E-state index in [0.29, 0.717) is 38.0 Å². The van der Waals surface area contributed by atoms with Crippen LogP contribution < -0.4 is 30.2 Å². The predicted molar refractivity (Wildman–Crippen MR) is 122 cm³/mol. The highest BCUT2D eigenvalue weighted by atomic mass is 127. The number of halogens is 1. The second-order valence-electron chi connectivity index (χ2n) is 6.98. The largest absolute Gasteiger partial charge is 0.492 e. The Morgan fingerprint density at radius 1 is 1.14 bits per heavy atom. The first-order valence-corrected chi connectivity index (χ1v) is 9.39.